The van der Waals surface area contributed by atoms with Crippen molar-refractivity contribution in [3.05, 3.63) is 196 Å². The zero-order chi connectivity index (χ0) is 47.0. The molecule has 2 N–H and O–H groups in total. The molecule has 0 fully saturated rings. The van der Waals surface area contributed by atoms with Gasteiger partial charge in [-0.3, -0.25) is 19.2 Å². The number of nitrogens with zero attached hydrogens (tertiary/aromatic N) is 2. The molecule has 8 nitrogen and oxygen atoms in total. The first kappa shape index (κ1) is 42.0. The molecule has 2 aromatic heterocycles. The van der Waals surface area contributed by atoms with Gasteiger partial charge in [0.05, 0.1) is 32.5 Å². The number of hydrogen-bond acceptors (Lipinski definition) is 6. The lowest BCUT2D eigenvalue weighted by atomic mass is 9.69. The molecule has 336 valence electrons. The Bertz CT molecular complexity index is 3470. The molecule has 4 aliphatic heterocycles. The van der Waals surface area contributed by atoms with E-state index < -0.39 is 0 Å². The minimum Gasteiger partial charge on any atom is -0.379 e. The van der Waals surface area contributed by atoms with E-state index in [4.69, 9.17) is 46.4 Å². The summed E-state index contributed by atoms with van der Waals surface area (Å²) >= 11 is 26.6. The monoisotopic (exact) mass is 972 g/mol. The summed E-state index contributed by atoms with van der Waals surface area (Å²) < 4.78 is 4.59. The molecular formula is C56H40Cl4N4O4. The Morgan fingerprint density at radius 2 is 0.838 bits per heavy atom. The summed E-state index contributed by atoms with van der Waals surface area (Å²) in [6, 6.07) is 33.4. The summed E-state index contributed by atoms with van der Waals surface area (Å²) in [5, 5.41) is 11.9. The molecule has 0 saturated carbocycles. The van der Waals surface area contributed by atoms with E-state index in [1.54, 1.807) is 48.5 Å². The lowest BCUT2D eigenvalue weighted by Gasteiger charge is -2.44. The first-order valence-electron chi connectivity index (χ1n) is 22.8. The second-order valence-corrected chi connectivity index (χ2v) is 21.7. The molecule has 4 atom stereocenters. The minimum atomic E-state index is -0.325. The van der Waals surface area contributed by atoms with Crippen LogP contribution >= 0.6 is 46.4 Å². The Morgan fingerprint density at radius 1 is 0.471 bits per heavy atom. The van der Waals surface area contributed by atoms with Gasteiger partial charge in [-0.15, -0.1) is 0 Å². The van der Waals surface area contributed by atoms with Crippen molar-refractivity contribution in [1.29, 1.82) is 0 Å². The standard InChI is InChI=1S/2C28H20Cl2N2O2/c2*1-28(2)19-12-32-20-10-7-13(29)11-18(20)23(30)25(32)21(19)16-8-9-17-22(24(16)31-28)27(34)15-6-4-3-5-14(15)26(17)33/h2*3-11,19,21,31H,12H2,1-2H3/t2*19-,21-/m11/s1. The SMILES string of the molecule is CC1(C)Nc2c(ccc3c2C(=O)c2ccccc2C3=O)[C@H]2c3c(Cl)c4cc(Cl)ccc4n3C[C@H]21.CC1(C)Nc2c(ccc3c2C(=O)c2ccccc2C3=O)[C@H]2c3c(Cl)c4cc(Cl)ccc4n3C[C@H]21. The van der Waals surface area contributed by atoms with Crippen molar-refractivity contribution in [3.63, 3.8) is 0 Å². The summed E-state index contributed by atoms with van der Waals surface area (Å²) in [6.45, 7) is 10.3. The molecule has 0 radical (unpaired) electrons. The number of rotatable bonds is 0. The molecule has 6 aromatic carbocycles. The van der Waals surface area contributed by atoms with E-state index in [9.17, 15) is 19.2 Å². The van der Waals surface area contributed by atoms with Gasteiger partial charge in [0.25, 0.3) is 0 Å². The van der Waals surface area contributed by atoms with Crippen molar-refractivity contribution in [1.82, 2.24) is 9.13 Å². The van der Waals surface area contributed by atoms with E-state index in [-0.39, 0.29) is 57.9 Å². The average Bonchev–Trinajstić information content (AvgIpc) is 4.06. The third-order valence-corrected chi connectivity index (χ3v) is 17.1. The number of anilines is 2. The smallest absolute Gasteiger partial charge is 0.196 e. The van der Waals surface area contributed by atoms with Crippen LogP contribution in [0.15, 0.2) is 109 Å². The maximum atomic E-state index is 13.7. The number of nitrogens with one attached hydrogen (secondary N) is 2. The molecule has 6 aliphatic rings. The van der Waals surface area contributed by atoms with Gasteiger partial charge in [0.1, 0.15) is 0 Å². The summed E-state index contributed by atoms with van der Waals surface area (Å²) in [4.78, 5) is 54.0. The number of hydrogen-bond donors (Lipinski definition) is 2. The van der Waals surface area contributed by atoms with E-state index in [1.165, 1.54) is 0 Å². The number of carbonyl (C=O) groups excluding carboxylic acids is 4. The van der Waals surface area contributed by atoms with Gasteiger partial charge in [0.2, 0.25) is 0 Å². The number of benzene rings is 6. The molecule has 0 bridgehead atoms. The Hall–Kier alpha value is -6.16. The normalized spacial score (nSPS) is 21.4. The number of halogens is 4. The number of aromatic nitrogens is 2. The van der Waals surface area contributed by atoms with Crippen molar-refractivity contribution in [2.24, 2.45) is 11.8 Å². The van der Waals surface area contributed by atoms with Crippen molar-refractivity contribution >= 4 is 103 Å². The maximum absolute atomic E-state index is 13.7. The lowest BCUT2D eigenvalue weighted by molar-refractivity contribution is 0.0979. The van der Waals surface area contributed by atoms with Gasteiger partial charge < -0.3 is 19.8 Å². The quantitative estimate of drug-likeness (QED) is 0.157. The summed E-state index contributed by atoms with van der Waals surface area (Å²) in [7, 11) is 0. The lowest BCUT2D eigenvalue weighted by Crippen LogP contribution is -2.46. The highest BCUT2D eigenvalue weighted by molar-refractivity contribution is 6.39. The van der Waals surface area contributed by atoms with Gasteiger partial charge >= 0.3 is 0 Å². The molecule has 0 amide bonds. The van der Waals surface area contributed by atoms with Gasteiger partial charge in [-0.05, 0) is 87.4 Å². The van der Waals surface area contributed by atoms with Crippen molar-refractivity contribution in [2.75, 3.05) is 10.6 Å². The summed E-state index contributed by atoms with van der Waals surface area (Å²) in [6.07, 6.45) is 0. The molecular weight excluding hydrogens is 934 g/mol. The third kappa shape index (κ3) is 5.51. The molecule has 14 rings (SSSR count). The molecule has 68 heavy (non-hydrogen) atoms. The van der Waals surface area contributed by atoms with Crippen LogP contribution in [0, 0.1) is 11.8 Å². The molecule has 0 saturated heterocycles. The van der Waals surface area contributed by atoms with Gasteiger partial charge in [0.15, 0.2) is 23.1 Å². The zero-order valence-electron chi connectivity index (χ0n) is 37.2. The van der Waals surface area contributed by atoms with E-state index in [2.05, 4.69) is 47.5 Å². The highest BCUT2D eigenvalue weighted by Crippen LogP contribution is 2.58. The fourth-order valence-corrected chi connectivity index (χ4v) is 13.7. The maximum Gasteiger partial charge on any atom is 0.196 e. The Balaban J connectivity index is 0.000000134. The van der Waals surface area contributed by atoms with E-state index >= 15 is 0 Å². The minimum absolute atomic E-state index is 0.00435. The van der Waals surface area contributed by atoms with Crippen LogP contribution in [-0.2, 0) is 13.1 Å². The number of carbonyl (C=O) groups is 4. The molecule has 8 aromatic rings. The van der Waals surface area contributed by atoms with Crippen LogP contribution in [0.2, 0.25) is 20.1 Å². The van der Waals surface area contributed by atoms with Crippen molar-refractivity contribution in [2.45, 2.75) is 63.7 Å². The third-order valence-electron chi connectivity index (χ3n) is 15.8. The van der Waals surface area contributed by atoms with Crippen LogP contribution in [0.5, 0.6) is 0 Å². The molecule has 12 heteroatoms. The van der Waals surface area contributed by atoms with Gasteiger partial charge in [-0.1, -0.05) is 107 Å². The van der Waals surface area contributed by atoms with Crippen LogP contribution in [0.4, 0.5) is 11.4 Å². The summed E-state index contributed by atoms with van der Waals surface area (Å²) in [5.74, 6) is 0.0107. The van der Waals surface area contributed by atoms with Crippen LogP contribution < -0.4 is 10.6 Å². The van der Waals surface area contributed by atoms with Crippen LogP contribution in [0.1, 0.15) is 126 Å². The van der Waals surface area contributed by atoms with Gasteiger partial charge in [-0.25, -0.2) is 0 Å². The summed E-state index contributed by atoms with van der Waals surface area (Å²) in [5.41, 5.74) is 10.8. The molecule has 2 aliphatic carbocycles. The van der Waals surface area contributed by atoms with Gasteiger partial charge in [-0.2, -0.15) is 0 Å². The second kappa shape index (κ2) is 14.2. The number of ketones is 4. The van der Waals surface area contributed by atoms with Gasteiger partial charge in [0, 0.05) is 124 Å². The zero-order valence-corrected chi connectivity index (χ0v) is 40.2. The van der Waals surface area contributed by atoms with Crippen molar-refractivity contribution in [3.8, 4) is 0 Å². The van der Waals surface area contributed by atoms with E-state index in [0.717, 1.165) is 68.8 Å². The topological polar surface area (TPSA) is 102 Å². The second-order valence-electron chi connectivity index (χ2n) is 20.1. The molecule has 0 unspecified atom stereocenters. The fraction of sp³-hybridized carbons (Fsp3) is 0.214. The molecule has 6 heterocycles. The van der Waals surface area contributed by atoms with E-state index in [0.29, 0.717) is 64.6 Å². The van der Waals surface area contributed by atoms with Crippen LogP contribution in [-0.4, -0.2) is 43.3 Å². The van der Waals surface area contributed by atoms with E-state index in [1.807, 2.05) is 60.7 Å². The first-order chi connectivity index (χ1) is 32.6. The Labute approximate surface area is 411 Å². The number of fused-ring (bicyclic) bond motifs is 20. The first-order valence-corrected chi connectivity index (χ1v) is 24.3. The average molecular weight is 975 g/mol. The Morgan fingerprint density at radius 3 is 1.22 bits per heavy atom. The highest BCUT2D eigenvalue weighted by Gasteiger charge is 2.52. The van der Waals surface area contributed by atoms with Crippen LogP contribution in [0.25, 0.3) is 21.8 Å². The highest BCUT2D eigenvalue weighted by atomic mass is 35.5. The fourth-order valence-electron chi connectivity index (χ4n) is 12.6. The molecule has 0 spiro atoms. The predicted octanol–water partition coefficient (Wildman–Crippen LogP) is 13.4. The van der Waals surface area contributed by atoms with Crippen LogP contribution in [0.3, 0.4) is 0 Å². The Kier molecular flexibility index (Phi) is 8.77. The predicted molar refractivity (Wildman–Crippen MR) is 269 cm³/mol. The van der Waals surface area contributed by atoms with Crippen molar-refractivity contribution < 1.29 is 19.2 Å². The largest absolute Gasteiger partial charge is 0.379 e.